The van der Waals surface area contributed by atoms with Crippen LogP contribution in [0.25, 0.3) is 0 Å². The first kappa shape index (κ1) is 18.2. The molecule has 1 N–H and O–H groups in total. The molecule has 0 radical (unpaired) electrons. The molecule has 1 aliphatic heterocycles. The Morgan fingerprint density at radius 2 is 2.17 bits per heavy atom. The highest BCUT2D eigenvalue weighted by atomic mass is 35.5. The Labute approximate surface area is 140 Å². The van der Waals surface area contributed by atoms with Gasteiger partial charge in [-0.2, -0.15) is 0 Å². The number of carbonyl (C=O) groups is 1. The van der Waals surface area contributed by atoms with Crippen molar-refractivity contribution in [3.8, 4) is 5.75 Å². The highest BCUT2D eigenvalue weighted by Crippen LogP contribution is 2.40. The first-order valence-corrected chi connectivity index (χ1v) is 9.30. The van der Waals surface area contributed by atoms with Crippen LogP contribution in [-0.2, 0) is 14.6 Å². The van der Waals surface area contributed by atoms with E-state index < -0.39 is 37.9 Å². The Morgan fingerprint density at radius 3 is 2.74 bits per heavy atom. The SMILES string of the molecule is CCS(=O)(=O)C(NC1CC(C)(C)Oc2ccc(F)cc21)C(=O)Cl. The lowest BCUT2D eigenvalue weighted by molar-refractivity contribution is -0.112. The van der Waals surface area contributed by atoms with E-state index in [2.05, 4.69) is 5.32 Å². The highest BCUT2D eigenvalue weighted by Gasteiger charge is 2.39. The predicted octanol–water partition coefficient (Wildman–Crippen LogP) is 2.54. The minimum absolute atomic E-state index is 0.230. The van der Waals surface area contributed by atoms with Crippen LogP contribution in [0, 0.1) is 5.82 Å². The molecule has 1 aromatic carbocycles. The molecule has 0 aliphatic carbocycles. The van der Waals surface area contributed by atoms with E-state index in [0.29, 0.717) is 17.7 Å². The molecular formula is C15H19ClFNO4S. The van der Waals surface area contributed by atoms with Crippen LogP contribution in [0.2, 0.25) is 0 Å². The van der Waals surface area contributed by atoms with E-state index in [4.69, 9.17) is 16.3 Å². The van der Waals surface area contributed by atoms with Crippen molar-refractivity contribution in [3.63, 3.8) is 0 Å². The zero-order valence-corrected chi connectivity index (χ0v) is 14.7. The molecule has 0 fully saturated rings. The Balaban J connectivity index is 2.42. The van der Waals surface area contributed by atoms with Gasteiger partial charge in [-0.1, -0.05) is 6.92 Å². The normalized spacial score (nSPS) is 21.2. The van der Waals surface area contributed by atoms with Crippen molar-refractivity contribution in [1.29, 1.82) is 0 Å². The molecular weight excluding hydrogens is 345 g/mol. The quantitative estimate of drug-likeness (QED) is 0.814. The van der Waals surface area contributed by atoms with Crippen molar-refractivity contribution in [1.82, 2.24) is 5.32 Å². The van der Waals surface area contributed by atoms with Crippen LogP contribution in [0.4, 0.5) is 4.39 Å². The third-order valence-corrected chi connectivity index (χ3v) is 5.97. The number of sulfone groups is 1. The van der Waals surface area contributed by atoms with Gasteiger partial charge in [0.25, 0.3) is 5.24 Å². The van der Waals surface area contributed by atoms with Gasteiger partial charge < -0.3 is 4.74 Å². The number of ether oxygens (including phenoxy) is 1. The van der Waals surface area contributed by atoms with E-state index in [9.17, 15) is 17.6 Å². The summed E-state index contributed by atoms with van der Waals surface area (Å²) >= 11 is 5.47. The van der Waals surface area contributed by atoms with Crippen LogP contribution >= 0.6 is 11.6 Å². The number of hydrogen-bond acceptors (Lipinski definition) is 5. The second-order valence-electron chi connectivity index (χ2n) is 6.10. The number of halogens is 2. The average Bonchev–Trinajstić information content (AvgIpc) is 2.43. The van der Waals surface area contributed by atoms with E-state index in [-0.39, 0.29) is 5.75 Å². The molecule has 1 aromatic rings. The lowest BCUT2D eigenvalue weighted by Crippen LogP contribution is -2.48. The summed E-state index contributed by atoms with van der Waals surface area (Å²) in [7, 11) is -3.74. The van der Waals surface area contributed by atoms with Crippen molar-refractivity contribution < 1.29 is 22.3 Å². The average molecular weight is 364 g/mol. The minimum atomic E-state index is -3.74. The Bertz CT molecular complexity index is 720. The lowest BCUT2D eigenvalue weighted by Gasteiger charge is -2.38. The molecule has 2 rings (SSSR count). The fraction of sp³-hybridized carbons (Fsp3) is 0.533. The maximum Gasteiger partial charge on any atom is 0.254 e. The van der Waals surface area contributed by atoms with Gasteiger partial charge in [-0.25, -0.2) is 12.8 Å². The maximum atomic E-state index is 13.6. The van der Waals surface area contributed by atoms with Crippen molar-refractivity contribution >= 4 is 26.7 Å². The summed E-state index contributed by atoms with van der Waals surface area (Å²) in [6.45, 7) is 5.10. The fourth-order valence-electron chi connectivity index (χ4n) is 2.63. The lowest BCUT2D eigenvalue weighted by atomic mass is 9.89. The molecule has 0 bridgehead atoms. The van der Waals surface area contributed by atoms with Crippen LogP contribution in [0.1, 0.15) is 38.8 Å². The molecule has 8 heteroatoms. The molecule has 0 saturated carbocycles. The first-order chi connectivity index (χ1) is 10.6. The molecule has 5 nitrogen and oxygen atoms in total. The number of fused-ring (bicyclic) bond motifs is 1. The van der Waals surface area contributed by atoms with Crippen molar-refractivity contribution in [3.05, 3.63) is 29.6 Å². The van der Waals surface area contributed by atoms with E-state index in [0.717, 1.165) is 0 Å². The molecule has 0 amide bonds. The van der Waals surface area contributed by atoms with Crippen LogP contribution in [-0.4, -0.2) is 30.4 Å². The van der Waals surface area contributed by atoms with Gasteiger partial charge in [-0.05, 0) is 43.6 Å². The van der Waals surface area contributed by atoms with Gasteiger partial charge in [0, 0.05) is 23.8 Å². The van der Waals surface area contributed by atoms with Gasteiger partial charge in [0.2, 0.25) is 0 Å². The summed E-state index contributed by atoms with van der Waals surface area (Å²) in [6.07, 6.45) is 0.364. The Hall–Kier alpha value is -1.18. The molecule has 0 saturated heterocycles. The summed E-state index contributed by atoms with van der Waals surface area (Å²) in [4.78, 5) is 11.6. The third kappa shape index (κ3) is 4.02. The molecule has 23 heavy (non-hydrogen) atoms. The Kier molecular flexibility index (Phi) is 5.03. The standard InChI is InChI=1S/C15H19ClFNO4S/c1-4-23(20,21)14(13(16)19)18-11-8-15(2,3)22-12-6-5-9(17)7-10(11)12/h5-7,11,14,18H,4,8H2,1-3H3. The zero-order valence-electron chi connectivity index (χ0n) is 13.1. The fourth-order valence-corrected chi connectivity index (χ4v) is 4.09. The summed E-state index contributed by atoms with van der Waals surface area (Å²) in [5, 5.41) is 0.226. The van der Waals surface area contributed by atoms with Gasteiger partial charge in [-0.3, -0.25) is 10.1 Å². The summed E-state index contributed by atoms with van der Waals surface area (Å²) in [5.74, 6) is -0.244. The number of benzene rings is 1. The molecule has 2 atom stereocenters. The van der Waals surface area contributed by atoms with E-state index in [1.165, 1.54) is 25.1 Å². The van der Waals surface area contributed by atoms with Crippen molar-refractivity contribution in [2.75, 3.05) is 5.75 Å². The molecule has 2 unspecified atom stereocenters. The largest absolute Gasteiger partial charge is 0.487 e. The van der Waals surface area contributed by atoms with E-state index in [1.54, 1.807) is 0 Å². The van der Waals surface area contributed by atoms with Gasteiger partial charge in [-0.15, -0.1) is 0 Å². The van der Waals surface area contributed by atoms with Crippen LogP contribution < -0.4 is 10.1 Å². The van der Waals surface area contributed by atoms with Gasteiger partial charge >= 0.3 is 0 Å². The van der Waals surface area contributed by atoms with Crippen LogP contribution in [0.15, 0.2) is 18.2 Å². The summed E-state index contributed by atoms with van der Waals surface area (Å²) in [5.41, 5.74) is -0.128. The van der Waals surface area contributed by atoms with Crippen molar-refractivity contribution in [2.24, 2.45) is 0 Å². The smallest absolute Gasteiger partial charge is 0.254 e. The third-order valence-electron chi connectivity index (χ3n) is 3.75. The topological polar surface area (TPSA) is 72.5 Å². The molecule has 128 valence electrons. The van der Waals surface area contributed by atoms with Crippen LogP contribution in [0.5, 0.6) is 5.75 Å². The number of rotatable bonds is 5. The second kappa shape index (κ2) is 6.37. The number of carbonyl (C=O) groups excluding carboxylic acids is 1. The second-order valence-corrected chi connectivity index (χ2v) is 8.85. The molecule has 0 spiro atoms. The van der Waals surface area contributed by atoms with Crippen LogP contribution in [0.3, 0.4) is 0 Å². The number of hydrogen-bond donors (Lipinski definition) is 1. The monoisotopic (exact) mass is 363 g/mol. The molecule has 1 aliphatic rings. The van der Waals surface area contributed by atoms with Gasteiger partial charge in [0.05, 0.1) is 0 Å². The molecule has 0 aromatic heterocycles. The van der Waals surface area contributed by atoms with E-state index in [1.807, 2.05) is 13.8 Å². The Morgan fingerprint density at radius 1 is 1.52 bits per heavy atom. The van der Waals surface area contributed by atoms with E-state index >= 15 is 0 Å². The molecule has 1 heterocycles. The highest BCUT2D eigenvalue weighted by molar-refractivity contribution is 7.92. The predicted molar refractivity (Wildman–Crippen MR) is 85.7 cm³/mol. The maximum absolute atomic E-state index is 13.6. The number of nitrogens with one attached hydrogen (secondary N) is 1. The summed E-state index contributed by atoms with van der Waals surface area (Å²) < 4.78 is 43.5. The minimum Gasteiger partial charge on any atom is -0.487 e. The van der Waals surface area contributed by atoms with Crippen molar-refractivity contribution in [2.45, 2.75) is 44.2 Å². The van der Waals surface area contributed by atoms with Gasteiger partial charge in [0.1, 0.15) is 17.2 Å². The zero-order chi connectivity index (χ0) is 17.4. The van der Waals surface area contributed by atoms with Gasteiger partial charge in [0.15, 0.2) is 15.2 Å². The summed E-state index contributed by atoms with van der Waals surface area (Å²) in [6, 6.07) is 3.46. The first-order valence-electron chi connectivity index (χ1n) is 7.21.